The van der Waals surface area contributed by atoms with Gasteiger partial charge in [0.15, 0.2) is 17.7 Å². The molecule has 6 heterocycles. The topological polar surface area (TPSA) is 187 Å². The number of nitrogens with two attached hydrogens (primary N) is 2. The number of esters is 1. The van der Waals surface area contributed by atoms with Crippen molar-refractivity contribution in [3.63, 3.8) is 0 Å². The van der Waals surface area contributed by atoms with Crippen LogP contribution in [0.25, 0.3) is 11.0 Å². The zero-order valence-corrected chi connectivity index (χ0v) is 36.7. The minimum Gasteiger partial charge on any atom is -0.457 e. The van der Waals surface area contributed by atoms with Crippen molar-refractivity contribution in [1.82, 2.24) is 29.2 Å². The molecule has 2 fully saturated rings. The summed E-state index contributed by atoms with van der Waals surface area (Å²) < 4.78 is 28.5. The highest BCUT2D eigenvalue weighted by atomic mass is 127. The minimum atomic E-state index is -1.66. The summed E-state index contributed by atoms with van der Waals surface area (Å²) in [6.07, 6.45) is 5.00. The first kappa shape index (κ1) is 43.9. The number of nitrogens with zero attached hydrogens (tertiary/aromatic N) is 6. The number of nitrogen functional groups attached to an aromatic ring is 2. The molecule has 5 atom stereocenters. The number of carbonyl (C=O) groups is 1. The Hall–Kier alpha value is -4.68. The predicted octanol–water partition coefficient (Wildman–Crippen LogP) is 7.51. The molecule has 0 bridgehead atoms. The maximum Gasteiger partial charge on any atom is 0.336 e. The Balaban J connectivity index is 0.000000166. The third-order valence-corrected chi connectivity index (χ3v) is 12.9. The van der Waals surface area contributed by atoms with Crippen LogP contribution in [0, 0.1) is 15.5 Å². The summed E-state index contributed by atoms with van der Waals surface area (Å²) in [6.45, 7) is 13.2. The highest BCUT2D eigenvalue weighted by Crippen LogP contribution is 2.51. The molecule has 0 saturated carbocycles. The van der Waals surface area contributed by atoms with Gasteiger partial charge in [-0.1, -0.05) is 102 Å². The minimum absolute atomic E-state index is 0.0315. The van der Waals surface area contributed by atoms with Gasteiger partial charge >= 0.3 is 5.97 Å². The number of hydrogen-bond donors (Lipinski definition) is 3. The van der Waals surface area contributed by atoms with Gasteiger partial charge in [-0.3, -0.25) is 0 Å². The van der Waals surface area contributed by atoms with Crippen molar-refractivity contribution in [2.75, 3.05) is 11.5 Å². The van der Waals surface area contributed by atoms with E-state index in [2.05, 4.69) is 77.4 Å². The lowest BCUT2D eigenvalue weighted by Gasteiger charge is -2.32. The van der Waals surface area contributed by atoms with E-state index in [1.54, 1.807) is 21.2 Å². The molecule has 2 aromatic carbocycles. The van der Waals surface area contributed by atoms with E-state index in [0.717, 1.165) is 46.0 Å². The van der Waals surface area contributed by atoms with Crippen molar-refractivity contribution in [1.29, 1.82) is 0 Å². The van der Waals surface area contributed by atoms with Crippen molar-refractivity contribution < 1.29 is 28.8 Å². The lowest BCUT2D eigenvalue weighted by Crippen LogP contribution is -2.41. The first-order valence-electron chi connectivity index (χ1n) is 20.2. The summed E-state index contributed by atoms with van der Waals surface area (Å²) in [5, 5.41) is 20.2. The SMILES string of the molecule is CCC1(CC)OC(=O)[C@H](OCc2ccccc2)[C@@H]1C.CCC1(CC)OC(O)(c2ccc3c(N)ncnn23)[C@H](OCc2ccccc2)[C@@H]1C.Nc1ncnn2c(I)ccc12. The van der Waals surface area contributed by atoms with Crippen molar-refractivity contribution in [3.8, 4) is 0 Å². The summed E-state index contributed by atoms with van der Waals surface area (Å²) in [7, 11) is 0. The van der Waals surface area contributed by atoms with Crippen LogP contribution in [0.5, 0.6) is 0 Å². The molecule has 59 heavy (non-hydrogen) atoms. The molecule has 2 saturated heterocycles. The quantitative estimate of drug-likeness (QED) is 0.0860. The average Bonchev–Trinajstić information content (AvgIpc) is 3.99. The van der Waals surface area contributed by atoms with E-state index in [1.165, 1.54) is 12.7 Å². The van der Waals surface area contributed by atoms with Gasteiger partial charge in [0, 0.05) is 11.8 Å². The smallest absolute Gasteiger partial charge is 0.336 e. The number of cyclic esters (lactones) is 1. The van der Waals surface area contributed by atoms with E-state index in [9.17, 15) is 9.90 Å². The molecule has 1 unspecified atom stereocenters. The van der Waals surface area contributed by atoms with Gasteiger partial charge in [0.25, 0.3) is 0 Å². The Labute approximate surface area is 358 Å². The average molecular weight is 919 g/mol. The van der Waals surface area contributed by atoms with Crippen LogP contribution in [-0.4, -0.2) is 63.7 Å². The fraction of sp³-hybridized carbons (Fsp3) is 0.432. The number of aromatic nitrogens is 6. The monoisotopic (exact) mass is 918 g/mol. The van der Waals surface area contributed by atoms with Gasteiger partial charge in [-0.15, -0.1) is 0 Å². The molecule has 314 valence electrons. The van der Waals surface area contributed by atoms with Crippen molar-refractivity contribution in [3.05, 3.63) is 118 Å². The lowest BCUT2D eigenvalue weighted by molar-refractivity contribution is -0.270. The highest BCUT2D eigenvalue weighted by molar-refractivity contribution is 14.1. The molecule has 14 nitrogen and oxygen atoms in total. The van der Waals surface area contributed by atoms with Gasteiger partial charge in [0.2, 0.25) is 5.79 Å². The van der Waals surface area contributed by atoms with Crippen molar-refractivity contribution in [2.24, 2.45) is 11.8 Å². The van der Waals surface area contributed by atoms with Crippen LogP contribution in [0.15, 0.2) is 97.6 Å². The van der Waals surface area contributed by atoms with E-state index in [1.807, 2.05) is 79.7 Å². The number of ether oxygens (including phenoxy) is 4. The Bertz CT molecular complexity index is 2300. The molecule has 2 aliphatic heterocycles. The van der Waals surface area contributed by atoms with Crippen LogP contribution in [0.4, 0.5) is 11.6 Å². The van der Waals surface area contributed by atoms with Gasteiger partial charge in [0.05, 0.1) is 18.8 Å². The maximum absolute atomic E-state index is 12.0. The van der Waals surface area contributed by atoms with Crippen LogP contribution in [-0.2, 0) is 42.7 Å². The van der Waals surface area contributed by atoms with Crippen molar-refractivity contribution >= 4 is 51.2 Å². The predicted molar refractivity (Wildman–Crippen MR) is 234 cm³/mol. The second-order valence-electron chi connectivity index (χ2n) is 15.0. The molecule has 5 N–H and O–H groups in total. The lowest BCUT2D eigenvalue weighted by atomic mass is 9.81. The maximum atomic E-state index is 12.0. The van der Waals surface area contributed by atoms with Crippen LogP contribution in [0.2, 0.25) is 0 Å². The van der Waals surface area contributed by atoms with E-state index in [4.69, 9.17) is 30.4 Å². The molecule has 15 heteroatoms. The van der Waals surface area contributed by atoms with Gasteiger partial charge in [0.1, 0.15) is 44.8 Å². The van der Waals surface area contributed by atoms with E-state index >= 15 is 0 Å². The first-order valence-corrected chi connectivity index (χ1v) is 21.2. The molecule has 6 aromatic rings. The Morgan fingerprint density at radius 1 is 0.712 bits per heavy atom. The fourth-order valence-corrected chi connectivity index (χ4v) is 8.88. The number of benzene rings is 2. The second-order valence-corrected chi connectivity index (χ2v) is 16.1. The van der Waals surface area contributed by atoms with Gasteiger partial charge in [-0.25, -0.2) is 23.8 Å². The number of carbonyl (C=O) groups excluding carboxylic acids is 1. The third kappa shape index (κ3) is 8.80. The number of anilines is 2. The van der Waals surface area contributed by atoms with Gasteiger partial charge in [-0.05, 0) is 83.7 Å². The number of aliphatic hydroxyl groups is 1. The fourth-order valence-electron chi connectivity index (χ4n) is 8.32. The summed E-state index contributed by atoms with van der Waals surface area (Å²) >= 11 is 2.19. The molecule has 2 aliphatic rings. The molecule has 0 aliphatic carbocycles. The van der Waals surface area contributed by atoms with E-state index in [-0.39, 0.29) is 23.4 Å². The van der Waals surface area contributed by atoms with Gasteiger partial charge < -0.3 is 35.5 Å². The molecule has 0 radical (unpaired) electrons. The van der Waals surface area contributed by atoms with E-state index in [0.29, 0.717) is 36.1 Å². The van der Waals surface area contributed by atoms with Crippen LogP contribution in [0.1, 0.15) is 84.0 Å². The second kappa shape index (κ2) is 18.7. The largest absolute Gasteiger partial charge is 0.457 e. The summed E-state index contributed by atoms with van der Waals surface area (Å²) in [4.78, 5) is 19.9. The molecule has 4 aromatic heterocycles. The Kier molecular flexibility index (Phi) is 13.9. The Morgan fingerprint density at radius 2 is 1.22 bits per heavy atom. The summed E-state index contributed by atoms with van der Waals surface area (Å²) in [6, 6.07) is 27.3. The molecule has 0 amide bonds. The summed E-state index contributed by atoms with van der Waals surface area (Å²) in [5.41, 5.74) is 14.8. The number of hydrogen-bond acceptors (Lipinski definition) is 12. The van der Waals surface area contributed by atoms with E-state index < -0.39 is 23.6 Å². The van der Waals surface area contributed by atoms with Crippen LogP contribution in [0.3, 0.4) is 0 Å². The molecular formula is C44H55IN8O6. The normalized spacial score (nSPS) is 23.0. The zero-order valence-electron chi connectivity index (χ0n) is 34.5. The number of rotatable bonds is 11. The number of fused-ring (bicyclic) bond motifs is 2. The molecular weight excluding hydrogens is 863 g/mol. The zero-order chi connectivity index (χ0) is 42.4. The number of halogens is 1. The van der Waals surface area contributed by atoms with Crippen LogP contribution < -0.4 is 11.5 Å². The molecule has 0 spiro atoms. The highest BCUT2D eigenvalue weighted by Gasteiger charge is 2.61. The first-order chi connectivity index (χ1) is 28.4. The van der Waals surface area contributed by atoms with Gasteiger partial charge in [-0.2, -0.15) is 10.2 Å². The standard InChI is InChI=1S/C22H28N4O3.C16H22O3.C6H5IN4/c1-4-21(5-2)15(3)19(28-13-16-9-7-6-8-10-16)22(27,29-21)18-12-11-17-20(23)24-14-25-26(17)18;1-4-16(5-2)12(3)14(15(17)19-16)18-11-13-9-7-6-8-10-13;7-5-2-1-4-6(8)9-3-10-11(4)5/h6-12,14-15,19,27H,4-5,13H2,1-3H3,(H2,23,24,25);6-10,12,14H,4-5,11H2,1-3H3;1-3H,(H2,8,9,10)/t15-,19+,22?;12-,14+;/m00./s1. The Morgan fingerprint density at radius 3 is 1.75 bits per heavy atom. The van der Waals surface area contributed by atoms with Crippen LogP contribution >= 0.6 is 22.6 Å². The third-order valence-electron chi connectivity index (χ3n) is 12.1. The summed E-state index contributed by atoms with van der Waals surface area (Å²) in [5.74, 6) is -0.947. The van der Waals surface area contributed by atoms with Crippen molar-refractivity contribution in [2.45, 2.75) is 110 Å². The molecule has 8 rings (SSSR count).